The fraction of sp³-hybridized carbons (Fsp3) is 0.400. The Bertz CT molecular complexity index is 1170. The number of halogens is 3. The number of carbonyl (C=O) groups is 3. The normalized spacial score (nSPS) is 17.3. The third-order valence-electron chi connectivity index (χ3n) is 6.62. The number of ether oxygens (including phenoxy) is 1. The van der Waals surface area contributed by atoms with E-state index in [0.717, 1.165) is 18.9 Å². The number of piperidine rings is 1. The number of likely N-dealkylation sites (tertiary alicyclic amines) is 1. The second kappa shape index (κ2) is 11.1. The van der Waals surface area contributed by atoms with Gasteiger partial charge in [-0.15, -0.1) is 0 Å². The van der Waals surface area contributed by atoms with E-state index in [2.05, 4.69) is 16.0 Å². The van der Waals surface area contributed by atoms with Gasteiger partial charge in [-0.3, -0.25) is 4.79 Å². The van der Waals surface area contributed by atoms with Gasteiger partial charge in [0.1, 0.15) is 11.6 Å². The van der Waals surface area contributed by atoms with Gasteiger partial charge in [-0.1, -0.05) is 11.6 Å². The van der Waals surface area contributed by atoms with E-state index in [1.54, 1.807) is 11.9 Å². The number of nitrogens with one attached hydrogen (secondary N) is 3. The zero-order valence-corrected chi connectivity index (χ0v) is 20.5. The highest BCUT2D eigenvalue weighted by atomic mass is 35.5. The molecule has 4 rings (SSSR count). The molecular weight excluding hydrogens is 494 g/mol. The molecule has 4 amide bonds. The zero-order valence-electron chi connectivity index (χ0n) is 19.7. The Labute approximate surface area is 212 Å². The minimum Gasteiger partial charge on any atom is -0.449 e. The monoisotopic (exact) mass is 520 g/mol. The molecule has 0 unspecified atom stereocenters. The van der Waals surface area contributed by atoms with Crippen LogP contribution in [0, 0.1) is 17.6 Å². The van der Waals surface area contributed by atoms with Crippen LogP contribution in [-0.2, 0) is 11.2 Å². The summed E-state index contributed by atoms with van der Waals surface area (Å²) in [5.41, 5.74) is 1.34. The van der Waals surface area contributed by atoms with E-state index in [9.17, 15) is 23.2 Å². The van der Waals surface area contributed by atoms with E-state index in [0.29, 0.717) is 37.2 Å². The number of nitrogens with zero attached hydrogens (tertiary/aromatic N) is 1. The van der Waals surface area contributed by atoms with Crippen molar-refractivity contribution in [3.63, 3.8) is 0 Å². The van der Waals surface area contributed by atoms with Crippen LogP contribution in [0.3, 0.4) is 0 Å². The lowest BCUT2D eigenvalue weighted by Gasteiger charge is -2.31. The largest absolute Gasteiger partial charge is 0.449 e. The summed E-state index contributed by atoms with van der Waals surface area (Å²) in [7, 11) is 1.59. The van der Waals surface area contributed by atoms with Crippen LogP contribution in [0.25, 0.3) is 0 Å². The first-order valence-corrected chi connectivity index (χ1v) is 12.1. The van der Waals surface area contributed by atoms with Gasteiger partial charge in [0, 0.05) is 37.0 Å². The van der Waals surface area contributed by atoms with Crippen molar-refractivity contribution in [3.05, 3.63) is 63.7 Å². The molecule has 1 aliphatic heterocycles. The first-order chi connectivity index (χ1) is 17.3. The molecule has 1 heterocycles. The molecule has 2 aromatic rings. The number of alkyl carbamates (subject to hydrolysis) is 1. The summed E-state index contributed by atoms with van der Waals surface area (Å²) in [6, 6.07) is 5.65. The molecule has 1 aliphatic carbocycles. The number of hydrogen-bond acceptors (Lipinski definition) is 4. The summed E-state index contributed by atoms with van der Waals surface area (Å²) in [5, 5.41) is 7.83. The number of carbonyl (C=O) groups excluding carboxylic acids is 3. The van der Waals surface area contributed by atoms with Crippen LogP contribution in [0.2, 0.25) is 5.02 Å². The first kappa shape index (κ1) is 25.7. The molecule has 2 aromatic carbocycles. The van der Waals surface area contributed by atoms with Crippen molar-refractivity contribution < 1.29 is 27.9 Å². The first-order valence-electron chi connectivity index (χ1n) is 11.7. The van der Waals surface area contributed by atoms with Crippen molar-refractivity contribution in [2.24, 2.45) is 5.92 Å². The molecule has 1 saturated heterocycles. The van der Waals surface area contributed by atoms with Crippen molar-refractivity contribution in [2.75, 3.05) is 32.1 Å². The Hall–Kier alpha value is -3.40. The number of anilines is 1. The highest BCUT2D eigenvalue weighted by Crippen LogP contribution is 2.36. The predicted octanol–water partition coefficient (Wildman–Crippen LogP) is 4.64. The van der Waals surface area contributed by atoms with Gasteiger partial charge in [0.25, 0.3) is 5.91 Å². The quantitative estimate of drug-likeness (QED) is 0.535. The lowest BCUT2D eigenvalue weighted by atomic mass is 9.98. The van der Waals surface area contributed by atoms with Gasteiger partial charge in [-0.05, 0) is 67.5 Å². The number of hydrogen-bond donors (Lipinski definition) is 3. The number of rotatable bonds is 5. The zero-order chi connectivity index (χ0) is 25.8. The molecule has 3 N–H and O–H groups in total. The van der Waals surface area contributed by atoms with Crippen molar-refractivity contribution >= 4 is 35.3 Å². The number of amides is 4. The molecule has 8 nitrogen and oxygen atoms in total. The van der Waals surface area contributed by atoms with Crippen LogP contribution in [-0.4, -0.2) is 49.7 Å². The highest BCUT2D eigenvalue weighted by Gasteiger charge is 2.32. The topological polar surface area (TPSA) is 99.8 Å². The fourth-order valence-electron chi connectivity index (χ4n) is 4.68. The molecule has 0 saturated carbocycles. The summed E-state index contributed by atoms with van der Waals surface area (Å²) in [6.07, 6.45) is 1.59. The van der Waals surface area contributed by atoms with Gasteiger partial charge < -0.3 is 25.6 Å². The summed E-state index contributed by atoms with van der Waals surface area (Å²) < 4.78 is 33.5. The Morgan fingerprint density at radius 2 is 1.81 bits per heavy atom. The molecule has 1 atom stereocenters. The van der Waals surface area contributed by atoms with Crippen LogP contribution in [0.1, 0.15) is 46.8 Å². The Morgan fingerprint density at radius 1 is 1.08 bits per heavy atom. The van der Waals surface area contributed by atoms with Gasteiger partial charge >= 0.3 is 12.1 Å². The molecule has 0 spiro atoms. The molecule has 2 aliphatic rings. The smallest absolute Gasteiger partial charge is 0.407 e. The van der Waals surface area contributed by atoms with Gasteiger partial charge in [0.15, 0.2) is 0 Å². The summed E-state index contributed by atoms with van der Waals surface area (Å²) in [4.78, 5) is 38.7. The maximum atomic E-state index is 14.7. The minimum absolute atomic E-state index is 0.122. The van der Waals surface area contributed by atoms with Crippen LogP contribution in [0.15, 0.2) is 30.3 Å². The van der Waals surface area contributed by atoms with E-state index in [1.165, 1.54) is 24.3 Å². The molecule has 11 heteroatoms. The summed E-state index contributed by atoms with van der Waals surface area (Å²) >= 11 is 5.78. The second-order valence-electron chi connectivity index (χ2n) is 8.89. The Morgan fingerprint density at radius 3 is 2.50 bits per heavy atom. The molecule has 0 aromatic heterocycles. The van der Waals surface area contributed by atoms with Crippen LogP contribution >= 0.6 is 11.6 Å². The van der Waals surface area contributed by atoms with Gasteiger partial charge in [0.2, 0.25) is 0 Å². The SMILES string of the molecule is CNC(=O)N1CCC(COC(=O)N[C@H]2CCc3c(C(=O)Nc4ccc(F)c(Cl)c4)ccc(F)c32)CC1. The molecule has 0 bridgehead atoms. The van der Waals surface area contributed by atoms with Crippen LogP contribution in [0.5, 0.6) is 0 Å². The van der Waals surface area contributed by atoms with Crippen LogP contribution in [0.4, 0.5) is 24.1 Å². The maximum Gasteiger partial charge on any atom is 0.407 e. The van der Waals surface area contributed by atoms with E-state index in [1.807, 2.05) is 0 Å². The lowest BCUT2D eigenvalue weighted by Crippen LogP contribution is -2.44. The van der Waals surface area contributed by atoms with Crippen molar-refractivity contribution in [1.82, 2.24) is 15.5 Å². The van der Waals surface area contributed by atoms with Crippen molar-refractivity contribution in [3.8, 4) is 0 Å². The molecule has 36 heavy (non-hydrogen) atoms. The maximum absolute atomic E-state index is 14.7. The molecule has 1 fully saturated rings. The fourth-order valence-corrected chi connectivity index (χ4v) is 4.86. The van der Waals surface area contributed by atoms with E-state index in [-0.39, 0.29) is 34.7 Å². The standard InChI is InChI=1S/C25H27ClF2N4O4/c1-29-24(34)32-10-8-14(9-11-32)13-36-25(35)31-21-7-4-16-17(3-6-20(28)22(16)21)23(33)30-15-2-5-19(27)18(26)12-15/h2-3,5-6,12,14,21H,4,7-11,13H2,1H3,(H,29,34)(H,30,33)(H,31,35)/t21-/m0/s1. The van der Waals surface area contributed by atoms with Crippen LogP contribution < -0.4 is 16.0 Å². The van der Waals surface area contributed by atoms with Gasteiger partial charge in [-0.25, -0.2) is 18.4 Å². The van der Waals surface area contributed by atoms with E-state index in [4.69, 9.17) is 16.3 Å². The minimum atomic E-state index is -0.656. The van der Waals surface area contributed by atoms with Crippen molar-refractivity contribution in [1.29, 1.82) is 0 Å². The summed E-state index contributed by atoms with van der Waals surface area (Å²) in [5.74, 6) is -1.47. The number of urea groups is 1. The van der Waals surface area contributed by atoms with E-state index < -0.39 is 29.7 Å². The number of benzene rings is 2. The van der Waals surface area contributed by atoms with Gasteiger partial charge in [-0.2, -0.15) is 0 Å². The Balaban J connectivity index is 1.35. The Kier molecular flexibility index (Phi) is 7.93. The van der Waals surface area contributed by atoms with Gasteiger partial charge in [0.05, 0.1) is 17.7 Å². The average Bonchev–Trinajstić information content (AvgIpc) is 3.29. The second-order valence-corrected chi connectivity index (χ2v) is 9.30. The molecule has 192 valence electrons. The summed E-state index contributed by atoms with van der Waals surface area (Å²) in [6.45, 7) is 1.38. The average molecular weight is 521 g/mol. The van der Waals surface area contributed by atoms with E-state index >= 15 is 0 Å². The third-order valence-corrected chi connectivity index (χ3v) is 6.90. The lowest BCUT2D eigenvalue weighted by molar-refractivity contribution is 0.0992. The molecule has 0 radical (unpaired) electrons. The third kappa shape index (κ3) is 5.70. The predicted molar refractivity (Wildman–Crippen MR) is 130 cm³/mol. The molecular formula is C25H27ClF2N4O4. The van der Waals surface area contributed by atoms with Crippen molar-refractivity contribution in [2.45, 2.75) is 31.7 Å². The number of fused-ring (bicyclic) bond motifs is 1. The highest BCUT2D eigenvalue weighted by molar-refractivity contribution is 6.31.